The van der Waals surface area contributed by atoms with E-state index < -0.39 is 0 Å². The minimum atomic E-state index is 0.442. The van der Waals surface area contributed by atoms with Gasteiger partial charge in [0.2, 0.25) is 5.89 Å². The molecule has 1 aromatic heterocycles. The van der Waals surface area contributed by atoms with Gasteiger partial charge < -0.3 is 9.15 Å². The standard InChI is InChI=1S/C15H11BrN2O2/c1-19-13-8-3-2-7-12(13)15-18-17-14(20-15)10-5-4-6-11(16)9-10/h2-9H,1H3. The van der Waals surface area contributed by atoms with Crippen molar-refractivity contribution in [2.75, 3.05) is 7.11 Å². The zero-order valence-electron chi connectivity index (χ0n) is 10.7. The molecule has 0 unspecified atom stereocenters. The summed E-state index contributed by atoms with van der Waals surface area (Å²) in [5.74, 6) is 1.63. The summed E-state index contributed by atoms with van der Waals surface area (Å²) in [4.78, 5) is 0. The Bertz CT molecular complexity index is 740. The Balaban J connectivity index is 2.02. The van der Waals surface area contributed by atoms with Gasteiger partial charge in [-0.3, -0.25) is 0 Å². The Kier molecular flexibility index (Phi) is 3.52. The third-order valence-corrected chi connectivity index (χ3v) is 3.33. The van der Waals surface area contributed by atoms with E-state index in [9.17, 15) is 0 Å². The number of ether oxygens (including phenoxy) is 1. The Morgan fingerprint density at radius 2 is 1.80 bits per heavy atom. The maximum atomic E-state index is 5.73. The molecule has 3 aromatic rings. The van der Waals surface area contributed by atoms with E-state index in [1.54, 1.807) is 7.11 Å². The van der Waals surface area contributed by atoms with Crippen molar-refractivity contribution in [3.05, 3.63) is 53.0 Å². The Morgan fingerprint density at radius 1 is 1.00 bits per heavy atom. The lowest BCUT2D eigenvalue weighted by atomic mass is 10.2. The summed E-state index contributed by atoms with van der Waals surface area (Å²) in [5, 5.41) is 8.18. The molecule has 4 nitrogen and oxygen atoms in total. The van der Waals surface area contributed by atoms with Crippen molar-refractivity contribution in [3.63, 3.8) is 0 Å². The monoisotopic (exact) mass is 330 g/mol. The van der Waals surface area contributed by atoms with Crippen LogP contribution in [0.1, 0.15) is 0 Å². The molecule has 0 amide bonds. The molecule has 100 valence electrons. The number of methoxy groups -OCH3 is 1. The summed E-state index contributed by atoms with van der Waals surface area (Å²) in [6, 6.07) is 15.3. The van der Waals surface area contributed by atoms with E-state index in [2.05, 4.69) is 26.1 Å². The number of hydrogen-bond donors (Lipinski definition) is 0. The minimum absolute atomic E-state index is 0.442. The number of aromatic nitrogens is 2. The lowest BCUT2D eigenvalue weighted by molar-refractivity contribution is 0.414. The van der Waals surface area contributed by atoms with Gasteiger partial charge in [0, 0.05) is 10.0 Å². The van der Waals surface area contributed by atoms with E-state index in [1.807, 2.05) is 48.5 Å². The fourth-order valence-electron chi connectivity index (χ4n) is 1.89. The van der Waals surface area contributed by atoms with E-state index in [1.165, 1.54) is 0 Å². The number of hydrogen-bond acceptors (Lipinski definition) is 4. The van der Waals surface area contributed by atoms with Gasteiger partial charge in [0.05, 0.1) is 12.7 Å². The zero-order valence-corrected chi connectivity index (χ0v) is 12.3. The van der Waals surface area contributed by atoms with Crippen LogP contribution in [0.25, 0.3) is 22.9 Å². The molecule has 5 heteroatoms. The molecule has 3 rings (SSSR count). The Morgan fingerprint density at radius 3 is 2.60 bits per heavy atom. The summed E-state index contributed by atoms with van der Waals surface area (Å²) in [5.41, 5.74) is 1.65. The average molecular weight is 331 g/mol. The maximum absolute atomic E-state index is 5.73. The van der Waals surface area contributed by atoms with Crippen molar-refractivity contribution in [3.8, 4) is 28.7 Å². The van der Waals surface area contributed by atoms with Crippen LogP contribution < -0.4 is 4.74 Å². The molecule has 0 bridgehead atoms. The molecular weight excluding hydrogens is 320 g/mol. The van der Waals surface area contributed by atoms with Gasteiger partial charge in [-0.1, -0.05) is 34.1 Å². The first-order valence-corrected chi connectivity index (χ1v) is 6.80. The molecule has 0 saturated carbocycles. The first kappa shape index (κ1) is 12.9. The predicted molar refractivity (Wildman–Crippen MR) is 79.4 cm³/mol. The second-order valence-corrected chi connectivity index (χ2v) is 5.04. The lowest BCUT2D eigenvalue weighted by Crippen LogP contribution is -1.87. The normalized spacial score (nSPS) is 10.5. The van der Waals surface area contributed by atoms with Crippen LogP contribution in [0.15, 0.2) is 57.4 Å². The van der Waals surface area contributed by atoms with E-state index in [-0.39, 0.29) is 0 Å². The molecule has 1 heterocycles. The highest BCUT2D eigenvalue weighted by molar-refractivity contribution is 9.10. The Hall–Kier alpha value is -2.14. The zero-order chi connectivity index (χ0) is 13.9. The highest BCUT2D eigenvalue weighted by Gasteiger charge is 2.14. The first-order valence-electron chi connectivity index (χ1n) is 6.01. The minimum Gasteiger partial charge on any atom is -0.496 e. The van der Waals surface area contributed by atoms with E-state index in [4.69, 9.17) is 9.15 Å². The van der Waals surface area contributed by atoms with Gasteiger partial charge in [-0.05, 0) is 30.3 Å². The lowest BCUT2D eigenvalue weighted by Gasteiger charge is -2.03. The summed E-state index contributed by atoms with van der Waals surface area (Å²) < 4.78 is 12.0. The fourth-order valence-corrected chi connectivity index (χ4v) is 2.29. The van der Waals surface area contributed by atoms with Crippen LogP contribution in [0.5, 0.6) is 5.75 Å². The van der Waals surface area contributed by atoms with Crippen molar-refractivity contribution in [1.82, 2.24) is 10.2 Å². The van der Waals surface area contributed by atoms with Crippen LogP contribution >= 0.6 is 15.9 Å². The van der Waals surface area contributed by atoms with Crippen molar-refractivity contribution in [2.24, 2.45) is 0 Å². The van der Waals surface area contributed by atoms with Crippen LogP contribution in [0.3, 0.4) is 0 Å². The molecule has 2 aromatic carbocycles. The highest BCUT2D eigenvalue weighted by atomic mass is 79.9. The largest absolute Gasteiger partial charge is 0.496 e. The number of benzene rings is 2. The summed E-state index contributed by atoms with van der Waals surface area (Å²) in [6.07, 6.45) is 0. The number of nitrogens with zero attached hydrogens (tertiary/aromatic N) is 2. The SMILES string of the molecule is COc1ccccc1-c1nnc(-c2cccc(Br)c2)o1. The molecule has 0 aliphatic heterocycles. The van der Waals surface area contributed by atoms with Gasteiger partial charge >= 0.3 is 0 Å². The third-order valence-electron chi connectivity index (χ3n) is 2.83. The first-order chi connectivity index (χ1) is 9.78. The molecule has 0 aliphatic carbocycles. The summed E-state index contributed by atoms with van der Waals surface area (Å²) >= 11 is 3.42. The molecule has 0 fully saturated rings. The maximum Gasteiger partial charge on any atom is 0.251 e. The smallest absolute Gasteiger partial charge is 0.251 e. The number of para-hydroxylation sites is 1. The van der Waals surface area contributed by atoms with Crippen LogP contribution in [0.2, 0.25) is 0 Å². The van der Waals surface area contributed by atoms with Gasteiger partial charge in [-0.15, -0.1) is 10.2 Å². The molecule has 20 heavy (non-hydrogen) atoms. The highest BCUT2D eigenvalue weighted by Crippen LogP contribution is 2.31. The van der Waals surface area contributed by atoms with E-state index in [0.29, 0.717) is 17.5 Å². The van der Waals surface area contributed by atoms with Gasteiger partial charge in [0.25, 0.3) is 5.89 Å². The van der Waals surface area contributed by atoms with Gasteiger partial charge in [0.1, 0.15) is 5.75 Å². The second-order valence-electron chi connectivity index (χ2n) is 4.12. The van der Waals surface area contributed by atoms with E-state index >= 15 is 0 Å². The van der Waals surface area contributed by atoms with Crippen LogP contribution in [-0.4, -0.2) is 17.3 Å². The molecule has 0 saturated heterocycles. The molecular formula is C15H11BrN2O2. The molecule has 0 N–H and O–H groups in total. The van der Waals surface area contributed by atoms with Crippen LogP contribution in [0, 0.1) is 0 Å². The van der Waals surface area contributed by atoms with Crippen LogP contribution in [-0.2, 0) is 0 Å². The van der Waals surface area contributed by atoms with Gasteiger partial charge in [-0.25, -0.2) is 0 Å². The van der Waals surface area contributed by atoms with Gasteiger partial charge in [-0.2, -0.15) is 0 Å². The van der Waals surface area contributed by atoms with Crippen LogP contribution in [0.4, 0.5) is 0 Å². The van der Waals surface area contributed by atoms with E-state index in [0.717, 1.165) is 15.6 Å². The van der Waals surface area contributed by atoms with Crippen molar-refractivity contribution >= 4 is 15.9 Å². The molecule has 0 spiro atoms. The second kappa shape index (κ2) is 5.46. The number of rotatable bonds is 3. The summed E-state index contributed by atoms with van der Waals surface area (Å²) in [6.45, 7) is 0. The number of halogens is 1. The van der Waals surface area contributed by atoms with Crippen molar-refractivity contribution in [1.29, 1.82) is 0 Å². The summed E-state index contributed by atoms with van der Waals surface area (Å²) in [7, 11) is 1.62. The third kappa shape index (κ3) is 2.44. The van der Waals surface area contributed by atoms with Gasteiger partial charge in [0.15, 0.2) is 0 Å². The fraction of sp³-hybridized carbons (Fsp3) is 0.0667. The quantitative estimate of drug-likeness (QED) is 0.723. The molecule has 0 aliphatic rings. The molecule has 0 atom stereocenters. The predicted octanol–water partition coefficient (Wildman–Crippen LogP) is 4.17. The Labute approximate surface area is 124 Å². The topological polar surface area (TPSA) is 48.2 Å². The van der Waals surface area contributed by atoms with Crippen molar-refractivity contribution in [2.45, 2.75) is 0 Å². The van der Waals surface area contributed by atoms with Crippen molar-refractivity contribution < 1.29 is 9.15 Å². The average Bonchev–Trinajstić information content (AvgIpc) is 2.97. The molecule has 0 radical (unpaired) electrons.